The Balaban J connectivity index is 1.37. The normalized spacial score (nSPS) is 14.7. The topological polar surface area (TPSA) is 83.1 Å². The first-order valence-corrected chi connectivity index (χ1v) is 10.8. The number of rotatable bonds is 9. The number of hydrogen-bond donors (Lipinski definition) is 2. The van der Waals surface area contributed by atoms with Crippen molar-refractivity contribution in [1.29, 1.82) is 0 Å². The summed E-state index contributed by atoms with van der Waals surface area (Å²) in [7, 11) is 3.78. The van der Waals surface area contributed by atoms with Crippen LogP contribution in [0.3, 0.4) is 0 Å². The van der Waals surface area contributed by atoms with Gasteiger partial charge in [0.05, 0.1) is 6.61 Å². The van der Waals surface area contributed by atoms with Gasteiger partial charge in [0.15, 0.2) is 0 Å². The van der Waals surface area contributed by atoms with Crippen molar-refractivity contribution in [1.82, 2.24) is 15.1 Å². The SMILES string of the molecule is COCc1ccc(CNC(=O)C(=O)Nc2ccc(OCCN3CCN(C)CC3)cc2)cc1. The van der Waals surface area contributed by atoms with E-state index in [0.717, 1.165) is 49.6 Å². The number of hydrogen-bond acceptors (Lipinski definition) is 6. The number of piperazine rings is 1. The van der Waals surface area contributed by atoms with E-state index in [9.17, 15) is 9.59 Å². The van der Waals surface area contributed by atoms with E-state index in [0.29, 0.717) is 18.9 Å². The van der Waals surface area contributed by atoms with Crippen molar-refractivity contribution in [3.8, 4) is 5.75 Å². The molecule has 0 atom stereocenters. The summed E-state index contributed by atoms with van der Waals surface area (Å²) in [6.07, 6.45) is 0. The zero-order valence-electron chi connectivity index (χ0n) is 18.8. The number of carbonyl (C=O) groups excluding carboxylic acids is 2. The number of anilines is 1. The van der Waals surface area contributed by atoms with Crippen molar-refractivity contribution in [3.05, 3.63) is 59.7 Å². The summed E-state index contributed by atoms with van der Waals surface area (Å²) < 4.78 is 10.9. The molecule has 1 aliphatic heterocycles. The highest BCUT2D eigenvalue weighted by molar-refractivity contribution is 6.39. The maximum absolute atomic E-state index is 12.1. The highest BCUT2D eigenvalue weighted by Crippen LogP contribution is 2.16. The lowest BCUT2D eigenvalue weighted by atomic mass is 10.1. The molecule has 1 heterocycles. The molecule has 2 aromatic carbocycles. The molecule has 2 aromatic rings. The molecule has 172 valence electrons. The van der Waals surface area contributed by atoms with Crippen molar-refractivity contribution in [2.24, 2.45) is 0 Å². The maximum Gasteiger partial charge on any atom is 0.313 e. The number of benzene rings is 2. The molecule has 0 aliphatic carbocycles. The first-order chi connectivity index (χ1) is 15.5. The summed E-state index contributed by atoms with van der Waals surface area (Å²) in [5.41, 5.74) is 2.50. The first kappa shape index (κ1) is 23.7. The van der Waals surface area contributed by atoms with Crippen LogP contribution < -0.4 is 15.4 Å². The van der Waals surface area contributed by atoms with Crippen LogP contribution in [0.15, 0.2) is 48.5 Å². The van der Waals surface area contributed by atoms with Crippen LogP contribution in [-0.4, -0.2) is 75.1 Å². The minimum Gasteiger partial charge on any atom is -0.492 e. The molecule has 0 saturated carbocycles. The molecule has 8 nitrogen and oxygen atoms in total. The molecule has 0 spiro atoms. The largest absolute Gasteiger partial charge is 0.492 e. The molecule has 2 N–H and O–H groups in total. The van der Waals surface area contributed by atoms with Crippen molar-refractivity contribution in [2.75, 3.05) is 58.8 Å². The van der Waals surface area contributed by atoms with Crippen molar-refractivity contribution >= 4 is 17.5 Å². The van der Waals surface area contributed by atoms with Gasteiger partial charge in [-0.1, -0.05) is 24.3 Å². The van der Waals surface area contributed by atoms with Crippen LogP contribution in [0.4, 0.5) is 5.69 Å². The fourth-order valence-electron chi connectivity index (χ4n) is 3.37. The summed E-state index contributed by atoms with van der Waals surface area (Å²) in [5.74, 6) is -0.651. The third kappa shape index (κ3) is 7.64. The number of carbonyl (C=O) groups is 2. The van der Waals surface area contributed by atoms with Crippen LogP contribution in [0.2, 0.25) is 0 Å². The summed E-state index contributed by atoms with van der Waals surface area (Å²) >= 11 is 0. The van der Waals surface area contributed by atoms with E-state index < -0.39 is 11.8 Å². The smallest absolute Gasteiger partial charge is 0.313 e. The van der Waals surface area contributed by atoms with E-state index in [1.807, 2.05) is 24.3 Å². The Morgan fingerprint density at radius 2 is 1.56 bits per heavy atom. The van der Waals surface area contributed by atoms with E-state index in [4.69, 9.17) is 9.47 Å². The van der Waals surface area contributed by atoms with Crippen molar-refractivity contribution in [3.63, 3.8) is 0 Å². The molecule has 0 aromatic heterocycles. The average molecular weight is 441 g/mol. The van der Waals surface area contributed by atoms with Gasteiger partial charge in [-0.3, -0.25) is 14.5 Å². The molecule has 1 saturated heterocycles. The standard InChI is InChI=1S/C24H32N4O4/c1-27-11-13-28(14-12-27)15-16-32-22-9-7-21(8-10-22)26-24(30)23(29)25-17-19-3-5-20(6-4-19)18-31-2/h3-10H,11-18H2,1-2H3,(H,25,29)(H,26,30). The van der Waals surface area contributed by atoms with Crippen molar-refractivity contribution < 1.29 is 19.1 Å². The number of ether oxygens (including phenoxy) is 2. The highest BCUT2D eigenvalue weighted by Gasteiger charge is 2.14. The summed E-state index contributed by atoms with van der Waals surface area (Å²) in [6.45, 7) is 6.62. The summed E-state index contributed by atoms with van der Waals surface area (Å²) in [6, 6.07) is 14.7. The van der Waals surface area contributed by atoms with Gasteiger partial charge < -0.3 is 25.0 Å². The second-order valence-corrected chi connectivity index (χ2v) is 7.90. The van der Waals surface area contributed by atoms with E-state index in [1.54, 1.807) is 31.4 Å². The highest BCUT2D eigenvalue weighted by atomic mass is 16.5. The quantitative estimate of drug-likeness (QED) is 0.578. The number of methoxy groups -OCH3 is 1. The third-order valence-electron chi connectivity index (χ3n) is 5.38. The molecular weight excluding hydrogens is 408 g/mol. The molecule has 0 bridgehead atoms. The van der Waals surface area contributed by atoms with Gasteiger partial charge in [-0.05, 0) is 42.4 Å². The molecule has 1 aliphatic rings. The van der Waals surface area contributed by atoms with Gasteiger partial charge in [0.25, 0.3) is 0 Å². The second-order valence-electron chi connectivity index (χ2n) is 7.90. The van der Waals surface area contributed by atoms with Crippen molar-refractivity contribution in [2.45, 2.75) is 13.2 Å². The molecule has 0 unspecified atom stereocenters. The minimum atomic E-state index is -0.704. The van der Waals surface area contributed by atoms with Gasteiger partial charge in [-0.25, -0.2) is 0 Å². The van der Waals surface area contributed by atoms with Gasteiger partial charge in [-0.2, -0.15) is 0 Å². The molecule has 0 radical (unpaired) electrons. The molecule has 8 heteroatoms. The Kier molecular flexibility index (Phi) is 9.03. The molecule has 1 fully saturated rings. The Hall–Kier alpha value is -2.94. The maximum atomic E-state index is 12.1. The van der Waals surface area contributed by atoms with Gasteiger partial charge >= 0.3 is 11.8 Å². The number of nitrogens with zero attached hydrogens (tertiary/aromatic N) is 2. The first-order valence-electron chi connectivity index (χ1n) is 10.8. The van der Waals surface area contributed by atoms with E-state index in [2.05, 4.69) is 27.5 Å². The predicted molar refractivity (Wildman–Crippen MR) is 124 cm³/mol. The average Bonchev–Trinajstić information content (AvgIpc) is 2.81. The molecule has 2 amide bonds. The van der Waals surface area contributed by atoms with E-state index in [-0.39, 0.29) is 6.54 Å². The van der Waals surface area contributed by atoms with Crippen LogP contribution in [0.1, 0.15) is 11.1 Å². The zero-order chi connectivity index (χ0) is 22.8. The Bertz CT molecular complexity index is 863. The molecular formula is C24H32N4O4. The second kappa shape index (κ2) is 12.2. The van der Waals surface area contributed by atoms with Crippen LogP contribution in [0, 0.1) is 0 Å². The third-order valence-corrected chi connectivity index (χ3v) is 5.38. The number of nitrogens with one attached hydrogen (secondary N) is 2. The Labute approximate surface area is 189 Å². The predicted octanol–water partition coefficient (Wildman–Crippen LogP) is 1.71. The Morgan fingerprint density at radius 3 is 2.22 bits per heavy atom. The van der Waals surface area contributed by atoms with Crippen LogP contribution in [-0.2, 0) is 27.5 Å². The van der Waals surface area contributed by atoms with Crippen LogP contribution in [0.5, 0.6) is 5.75 Å². The van der Waals surface area contributed by atoms with Gasteiger partial charge in [0.2, 0.25) is 0 Å². The lowest BCUT2D eigenvalue weighted by molar-refractivity contribution is -0.136. The van der Waals surface area contributed by atoms with Gasteiger partial charge in [0.1, 0.15) is 12.4 Å². The minimum absolute atomic E-state index is 0.277. The van der Waals surface area contributed by atoms with Gasteiger partial charge in [-0.15, -0.1) is 0 Å². The van der Waals surface area contributed by atoms with E-state index in [1.165, 1.54) is 0 Å². The fraction of sp³-hybridized carbons (Fsp3) is 0.417. The van der Waals surface area contributed by atoms with Crippen LogP contribution in [0.25, 0.3) is 0 Å². The monoisotopic (exact) mass is 440 g/mol. The van der Waals surface area contributed by atoms with E-state index >= 15 is 0 Å². The summed E-state index contributed by atoms with van der Waals surface area (Å²) in [5, 5.41) is 5.24. The lowest BCUT2D eigenvalue weighted by Crippen LogP contribution is -2.45. The summed E-state index contributed by atoms with van der Waals surface area (Å²) in [4.78, 5) is 29.0. The van der Waals surface area contributed by atoms with Gasteiger partial charge in [0, 0.05) is 52.1 Å². The number of amides is 2. The zero-order valence-corrected chi connectivity index (χ0v) is 18.8. The fourth-order valence-corrected chi connectivity index (χ4v) is 3.37. The molecule has 32 heavy (non-hydrogen) atoms. The lowest BCUT2D eigenvalue weighted by Gasteiger charge is -2.32. The van der Waals surface area contributed by atoms with Crippen LogP contribution >= 0.6 is 0 Å². The molecule has 3 rings (SSSR count). The number of likely N-dealkylation sites (N-methyl/N-ethyl adjacent to an activating group) is 1. The Morgan fingerprint density at radius 1 is 0.906 bits per heavy atom.